The molecule has 0 aromatic heterocycles. The number of benzene rings is 2. The van der Waals surface area contributed by atoms with Gasteiger partial charge in [0, 0.05) is 10.7 Å². The van der Waals surface area contributed by atoms with Crippen LogP contribution in [0.15, 0.2) is 64.7 Å². The molecule has 2 N–H and O–H groups in total. The second-order valence-corrected chi connectivity index (χ2v) is 9.29. The Balaban J connectivity index is 2.05. The van der Waals surface area contributed by atoms with E-state index in [1.165, 1.54) is 24.3 Å². The Kier molecular flexibility index (Phi) is 7.42. The number of sulfone groups is 1. The molecule has 0 bridgehead atoms. The van der Waals surface area contributed by atoms with Crippen LogP contribution < -0.4 is 15.4 Å². The van der Waals surface area contributed by atoms with Crippen molar-refractivity contribution >= 4 is 33.4 Å². The van der Waals surface area contributed by atoms with Crippen LogP contribution in [0.5, 0.6) is 5.75 Å². The summed E-state index contributed by atoms with van der Waals surface area (Å²) in [6.45, 7) is 4.08. The maximum Gasteiger partial charge on any atom is 0.338 e. The summed E-state index contributed by atoms with van der Waals surface area (Å²) in [4.78, 5) is 25.2. The minimum absolute atomic E-state index is 0.0167. The van der Waals surface area contributed by atoms with Crippen LogP contribution in [0.1, 0.15) is 25.5 Å². The highest BCUT2D eigenvalue weighted by Gasteiger charge is 2.35. The number of hydrogen-bond donors (Lipinski definition) is 2. The first-order chi connectivity index (χ1) is 15.2. The van der Waals surface area contributed by atoms with Gasteiger partial charge in [-0.2, -0.15) is 0 Å². The van der Waals surface area contributed by atoms with E-state index in [0.717, 1.165) is 0 Å². The molecule has 8 nitrogen and oxygen atoms in total. The van der Waals surface area contributed by atoms with E-state index in [9.17, 15) is 18.0 Å². The Hall–Kier alpha value is -3.04. The van der Waals surface area contributed by atoms with Crippen molar-refractivity contribution < 1.29 is 27.5 Å². The molecule has 0 spiro atoms. The molecule has 1 atom stereocenters. The smallest absolute Gasteiger partial charge is 0.338 e. The molecular formula is C22H23ClN2O6S. The molecule has 2 aromatic rings. The summed E-state index contributed by atoms with van der Waals surface area (Å²) in [6, 6.07) is 11.0. The Bertz CT molecular complexity index is 1130. The molecule has 10 heteroatoms. The van der Waals surface area contributed by atoms with Crippen LogP contribution >= 0.6 is 11.6 Å². The lowest BCUT2D eigenvalue weighted by molar-refractivity contribution is -0.139. The van der Waals surface area contributed by atoms with E-state index >= 15 is 0 Å². The van der Waals surface area contributed by atoms with Crippen molar-refractivity contribution in [1.82, 2.24) is 10.6 Å². The van der Waals surface area contributed by atoms with E-state index in [-0.39, 0.29) is 22.8 Å². The molecule has 0 fully saturated rings. The molecule has 32 heavy (non-hydrogen) atoms. The number of esters is 1. The van der Waals surface area contributed by atoms with Crippen LogP contribution in [0, 0.1) is 0 Å². The standard InChI is InChI=1S/C22H23ClN2O6S/c1-3-30-16-9-5-14(6-10-16)20-19(21(26)31-4-2)18(24-22(27)25-20)13-32(28,29)17-11-7-15(23)8-12-17/h5-12,20H,3-4,13H2,1-2H3,(H2,24,25,27). The highest BCUT2D eigenvalue weighted by Crippen LogP contribution is 2.30. The molecule has 1 aliphatic heterocycles. The van der Waals surface area contributed by atoms with Gasteiger partial charge in [-0.25, -0.2) is 18.0 Å². The normalized spacial score (nSPS) is 16.2. The Morgan fingerprint density at radius 2 is 1.69 bits per heavy atom. The molecule has 2 amide bonds. The minimum atomic E-state index is -3.89. The zero-order chi connectivity index (χ0) is 23.3. The van der Waals surface area contributed by atoms with Gasteiger partial charge in [0.05, 0.1) is 35.5 Å². The van der Waals surface area contributed by atoms with Crippen molar-refractivity contribution in [2.24, 2.45) is 0 Å². The Morgan fingerprint density at radius 3 is 2.28 bits per heavy atom. The predicted molar refractivity (Wildman–Crippen MR) is 119 cm³/mol. The Morgan fingerprint density at radius 1 is 1.03 bits per heavy atom. The van der Waals surface area contributed by atoms with E-state index < -0.39 is 33.6 Å². The minimum Gasteiger partial charge on any atom is -0.494 e. The van der Waals surface area contributed by atoms with Gasteiger partial charge in [0.15, 0.2) is 9.84 Å². The van der Waals surface area contributed by atoms with Gasteiger partial charge in [-0.15, -0.1) is 0 Å². The molecule has 1 heterocycles. The van der Waals surface area contributed by atoms with Gasteiger partial charge in [-0.1, -0.05) is 23.7 Å². The third-order valence-electron chi connectivity index (χ3n) is 4.68. The average Bonchev–Trinajstić information content (AvgIpc) is 2.74. The lowest BCUT2D eigenvalue weighted by Crippen LogP contribution is -2.47. The highest BCUT2D eigenvalue weighted by molar-refractivity contribution is 7.91. The van der Waals surface area contributed by atoms with E-state index in [1.54, 1.807) is 31.2 Å². The van der Waals surface area contributed by atoms with Crippen molar-refractivity contribution in [2.75, 3.05) is 19.0 Å². The van der Waals surface area contributed by atoms with Crippen molar-refractivity contribution in [3.63, 3.8) is 0 Å². The lowest BCUT2D eigenvalue weighted by atomic mass is 9.95. The maximum atomic E-state index is 13.0. The van der Waals surface area contributed by atoms with Gasteiger partial charge in [-0.05, 0) is 55.8 Å². The van der Waals surface area contributed by atoms with Crippen LogP contribution in [0.3, 0.4) is 0 Å². The average molecular weight is 479 g/mol. The van der Waals surface area contributed by atoms with Gasteiger partial charge in [0.1, 0.15) is 5.75 Å². The van der Waals surface area contributed by atoms with E-state index in [0.29, 0.717) is 22.9 Å². The summed E-state index contributed by atoms with van der Waals surface area (Å²) in [5, 5.41) is 5.54. The third kappa shape index (κ3) is 5.41. The van der Waals surface area contributed by atoms with Crippen molar-refractivity contribution in [3.8, 4) is 5.75 Å². The van der Waals surface area contributed by atoms with Crippen molar-refractivity contribution in [3.05, 3.63) is 70.4 Å². The summed E-state index contributed by atoms with van der Waals surface area (Å²) >= 11 is 5.85. The molecule has 0 saturated carbocycles. The van der Waals surface area contributed by atoms with Crippen LogP contribution in [-0.2, 0) is 19.4 Å². The van der Waals surface area contributed by atoms with Gasteiger partial charge < -0.3 is 20.1 Å². The fourth-order valence-electron chi connectivity index (χ4n) is 3.27. The number of urea groups is 1. The molecule has 0 saturated heterocycles. The first-order valence-electron chi connectivity index (χ1n) is 9.94. The first-order valence-corrected chi connectivity index (χ1v) is 12.0. The fraction of sp³-hybridized carbons (Fsp3) is 0.273. The van der Waals surface area contributed by atoms with Crippen LogP contribution in [-0.4, -0.2) is 39.4 Å². The monoisotopic (exact) mass is 478 g/mol. The SMILES string of the molecule is CCOC(=O)C1=C(CS(=O)(=O)c2ccc(Cl)cc2)NC(=O)NC1c1ccc(OCC)cc1. The van der Waals surface area contributed by atoms with Gasteiger partial charge >= 0.3 is 12.0 Å². The second kappa shape index (κ2) is 10.1. The predicted octanol–water partition coefficient (Wildman–Crippen LogP) is 3.38. The Labute approximate surface area is 191 Å². The largest absolute Gasteiger partial charge is 0.494 e. The number of carbonyl (C=O) groups excluding carboxylic acids is 2. The van der Waals surface area contributed by atoms with Gasteiger partial charge in [0.25, 0.3) is 0 Å². The summed E-state index contributed by atoms with van der Waals surface area (Å²) in [5.41, 5.74) is 0.557. The molecular weight excluding hydrogens is 456 g/mol. The van der Waals surface area contributed by atoms with Gasteiger partial charge in [-0.3, -0.25) is 0 Å². The van der Waals surface area contributed by atoms with E-state index in [4.69, 9.17) is 21.1 Å². The molecule has 0 radical (unpaired) electrons. The lowest BCUT2D eigenvalue weighted by Gasteiger charge is -2.29. The van der Waals surface area contributed by atoms with Crippen LogP contribution in [0.2, 0.25) is 5.02 Å². The summed E-state index contributed by atoms with van der Waals surface area (Å²) < 4.78 is 36.6. The number of nitrogens with one attached hydrogen (secondary N) is 2. The zero-order valence-electron chi connectivity index (χ0n) is 17.6. The molecule has 170 valence electrons. The number of rotatable bonds is 8. The highest BCUT2D eigenvalue weighted by atomic mass is 35.5. The van der Waals surface area contributed by atoms with E-state index in [1.807, 2.05) is 6.92 Å². The molecule has 0 aliphatic carbocycles. The van der Waals surface area contributed by atoms with E-state index in [2.05, 4.69) is 10.6 Å². The molecule has 3 rings (SSSR count). The quantitative estimate of drug-likeness (QED) is 0.563. The summed E-state index contributed by atoms with van der Waals surface area (Å²) in [7, 11) is -3.89. The van der Waals surface area contributed by atoms with Crippen molar-refractivity contribution in [2.45, 2.75) is 24.8 Å². The first kappa shape index (κ1) is 23.6. The summed E-state index contributed by atoms with van der Waals surface area (Å²) in [6.07, 6.45) is 0. The number of halogens is 1. The second-order valence-electron chi connectivity index (χ2n) is 6.86. The molecule has 1 aliphatic rings. The number of carbonyl (C=O) groups is 2. The number of ether oxygens (including phenoxy) is 2. The number of amides is 2. The van der Waals surface area contributed by atoms with Crippen LogP contribution in [0.25, 0.3) is 0 Å². The maximum absolute atomic E-state index is 13.0. The van der Waals surface area contributed by atoms with Gasteiger partial charge in [0.2, 0.25) is 0 Å². The summed E-state index contributed by atoms with van der Waals surface area (Å²) in [5.74, 6) is -0.687. The van der Waals surface area contributed by atoms with Crippen molar-refractivity contribution in [1.29, 1.82) is 0 Å². The molecule has 1 unspecified atom stereocenters. The zero-order valence-corrected chi connectivity index (χ0v) is 19.1. The van der Waals surface area contributed by atoms with Crippen LogP contribution in [0.4, 0.5) is 4.79 Å². The fourth-order valence-corrected chi connectivity index (χ4v) is 4.72. The topological polar surface area (TPSA) is 111 Å². The molecule has 2 aromatic carbocycles. The number of hydrogen-bond acceptors (Lipinski definition) is 6. The third-order valence-corrected chi connectivity index (χ3v) is 6.59.